The number of hydrogen-bond acceptors (Lipinski definition) is 7. The molecule has 30 heavy (non-hydrogen) atoms. The predicted octanol–water partition coefficient (Wildman–Crippen LogP) is -2.13. The van der Waals surface area contributed by atoms with Crippen molar-refractivity contribution in [3.63, 3.8) is 0 Å². The maximum Gasteiger partial charge on any atom is 0.326 e. The van der Waals surface area contributed by atoms with Crippen LogP contribution < -0.4 is 21.7 Å². The van der Waals surface area contributed by atoms with Gasteiger partial charge >= 0.3 is 17.9 Å². The number of carbonyl (C=O) groups excluding carboxylic acids is 3. The van der Waals surface area contributed by atoms with Crippen molar-refractivity contribution in [3.8, 4) is 0 Å². The lowest BCUT2D eigenvalue weighted by Crippen LogP contribution is -2.54. The Bertz CT molecular complexity index is 666. The highest BCUT2D eigenvalue weighted by Crippen LogP contribution is 2.06. The van der Waals surface area contributed by atoms with Gasteiger partial charge in [0.05, 0.1) is 19.0 Å². The monoisotopic (exact) mass is 432 g/mol. The zero-order valence-electron chi connectivity index (χ0n) is 16.7. The molecule has 0 spiro atoms. The minimum atomic E-state index is -1.38. The Morgan fingerprint density at radius 2 is 1.47 bits per heavy atom. The first-order valence-electron chi connectivity index (χ1n) is 9.12. The first kappa shape index (κ1) is 26.8. The third kappa shape index (κ3) is 11.6. The van der Waals surface area contributed by atoms with Gasteiger partial charge in [0.25, 0.3) is 0 Å². The average Bonchev–Trinajstić information content (AvgIpc) is 2.61. The van der Waals surface area contributed by atoms with Gasteiger partial charge in [-0.15, -0.1) is 0 Å². The number of nitrogens with two attached hydrogens (primary N) is 1. The molecule has 0 heterocycles. The van der Waals surface area contributed by atoms with E-state index in [0.29, 0.717) is 0 Å². The summed E-state index contributed by atoms with van der Waals surface area (Å²) in [6.45, 7) is 2.87. The third-order valence-corrected chi connectivity index (χ3v) is 3.77. The van der Waals surface area contributed by atoms with Crippen molar-refractivity contribution < 1.29 is 44.1 Å². The number of carbonyl (C=O) groups is 6. The Morgan fingerprint density at radius 3 is 1.93 bits per heavy atom. The van der Waals surface area contributed by atoms with E-state index in [4.69, 9.17) is 15.9 Å². The van der Waals surface area contributed by atoms with Crippen LogP contribution in [0.2, 0.25) is 0 Å². The number of carboxylic acid groups (broad SMARTS) is 3. The molecule has 0 radical (unpaired) electrons. The first-order chi connectivity index (χ1) is 13.8. The highest BCUT2D eigenvalue weighted by Gasteiger charge is 2.27. The van der Waals surface area contributed by atoms with Crippen molar-refractivity contribution >= 4 is 35.6 Å². The van der Waals surface area contributed by atoms with Crippen molar-refractivity contribution in [2.75, 3.05) is 6.54 Å². The van der Waals surface area contributed by atoms with E-state index in [9.17, 15) is 33.9 Å². The summed E-state index contributed by atoms with van der Waals surface area (Å²) in [5.74, 6) is -6.52. The average molecular weight is 432 g/mol. The lowest BCUT2D eigenvalue weighted by Gasteiger charge is -2.22. The maximum atomic E-state index is 12.4. The van der Waals surface area contributed by atoms with Crippen LogP contribution in [0.3, 0.4) is 0 Å². The van der Waals surface area contributed by atoms with Crippen molar-refractivity contribution in [1.29, 1.82) is 0 Å². The maximum absolute atomic E-state index is 12.4. The SMILES string of the molecule is CC(C)CC(NC(=O)C(CCC(=O)O)NC(=O)CNC(=O)C(N)CC(=O)O)C(=O)O. The van der Waals surface area contributed by atoms with Gasteiger partial charge in [-0.1, -0.05) is 13.8 Å². The molecule has 8 N–H and O–H groups in total. The van der Waals surface area contributed by atoms with Crippen LogP contribution in [-0.2, 0) is 28.8 Å². The topological polar surface area (TPSA) is 225 Å². The van der Waals surface area contributed by atoms with Crippen LogP contribution in [0.25, 0.3) is 0 Å². The predicted molar refractivity (Wildman–Crippen MR) is 101 cm³/mol. The molecule has 0 aliphatic rings. The van der Waals surface area contributed by atoms with Crippen LogP contribution in [0, 0.1) is 5.92 Å². The van der Waals surface area contributed by atoms with Crippen LogP contribution in [-0.4, -0.2) is 75.6 Å². The molecule has 3 amide bonds. The summed E-state index contributed by atoms with van der Waals surface area (Å²) < 4.78 is 0. The Balaban J connectivity index is 4.98. The van der Waals surface area contributed by atoms with Gasteiger partial charge in [0.15, 0.2) is 0 Å². The van der Waals surface area contributed by atoms with Crippen molar-refractivity contribution in [1.82, 2.24) is 16.0 Å². The Morgan fingerprint density at radius 1 is 0.867 bits per heavy atom. The molecule has 170 valence electrons. The standard InChI is InChI=1S/C17H28N4O9/c1-8(2)5-11(17(29)30)21-16(28)10(3-4-13(23)24)20-12(22)7-19-15(27)9(18)6-14(25)26/h8-11H,3-7,18H2,1-2H3,(H,19,27)(H,20,22)(H,21,28)(H,23,24)(H,25,26)(H,29,30). The van der Waals surface area contributed by atoms with E-state index >= 15 is 0 Å². The molecule has 0 bridgehead atoms. The summed E-state index contributed by atoms with van der Waals surface area (Å²) >= 11 is 0. The van der Waals surface area contributed by atoms with Gasteiger partial charge in [-0.3, -0.25) is 24.0 Å². The van der Waals surface area contributed by atoms with E-state index in [1.165, 1.54) is 0 Å². The third-order valence-electron chi connectivity index (χ3n) is 3.77. The van der Waals surface area contributed by atoms with E-state index in [0.717, 1.165) is 0 Å². The van der Waals surface area contributed by atoms with Gasteiger partial charge in [-0.25, -0.2) is 4.79 Å². The molecule has 0 rings (SSSR count). The normalized spacial score (nSPS) is 13.6. The molecule has 3 atom stereocenters. The lowest BCUT2D eigenvalue weighted by atomic mass is 10.0. The first-order valence-corrected chi connectivity index (χ1v) is 9.12. The molecular formula is C17H28N4O9. The van der Waals surface area contributed by atoms with Crippen LogP contribution in [0.4, 0.5) is 0 Å². The minimum Gasteiger partial charge on any atom is -0.481 e. The van der Waals surface area contributed by atoms with Crippen LogP contribution >= 0.6 is 0 Å². The highest BCUT2D eigenvalue weighted by molar-refractivity contribution is 5.93. The fourth-order valence-corrected chi connectivity index (χ4v) is 2.33. The summed E-state index contributed by atoms with van der Waals surface area (Å²) in [6.07, 6.45) is -1.31. The number of carboxylic acids is 3. The second-order valence-corrected chi connectivity index (χ2v) is 7.00. The Kier molecular flexibility index (Phi) is 11.7. The smallest absolute Gasteiger partial charge is 0.326 e. The zero-order valence-corrected chi connectivity index (χ0v) is 16.7. The summed E-state index contributed by atoms with van der Waals surface area (Å²) in [7, 11) is 0. The number of hydrogen-bond donors (Lipinski definition) is 7. The molecule has 0 saturated carbocycles. The van der Waals surface area contributed by atoms with Crippen LogP contribution in [0.15, 0.2) is 0 Å². The molecule has 3 unspecified atom stereocenters. The van der Waals surface area contributed by atoms with Gasteiger partial charge in [0, 0.05) is 6.42 Å². The van der Waals surface area contributed by atoms with E-state index in [-0.39, 0.29) is 18.8 Å². The number of aliphatic carboxylic acids is 3. The fraction of sp³-hybridized carbons (Fsp3) is 0.647. The van der Waals surface area contributed by atoms with E-state index < -0.39 is 73.1 Å². The molecular weight excluding hydrogens is 404 g/mol. The van der Waals surface area contributed by atoms with Crippen molar-refractivity contribution in [2.45, 2.75) is 57.7 Å². The second-order valence-electron chi connectivity index (χ2n) is 7.00. The number of nitrogens with one attached hydrogen (secondary N) is 3. The molecule has 0 aliphatic carbocycles. The molecule has 0 aromatic heterocycles. The van der Waals surface area contributed by atoms with Gasteiger partial charge in [-0.2, -0.15) is 0 Å². The fourth-order valence-electron chi connectivity index (χ4n) is 2.33. The minimum absolute atomic E-state index is 0.0521. The van der Waals surface area contributed by atoms with Crippen molar-refractivity contribution in [2.24, 2.45) is 11.7 Å². The highest BCUT2D eigenvalue weighted by atomic mass is 16.4. The summed E-state index contributed by atoms with van der Waals surface area (Å²) in [4.78, 5) is 68.7. The molecule has 0 aromatic rings. The van der Waals surface area contributed by atoms with E-state index in [2.05, 4.69) is 16.0 Å². The molecule has 0 saturated heterocycles. The lowest BCUT2D eigenvalue weighted by molar-refractivity contribution is -0.143. The van der Waals surface area contributed by atoms with E-state index in [1.807, 2.05) is 0 Å². The van der Waals surface area contributed by atoms with Crippen LogP contribution in [0.5, 0.6) is 0 Å². The molecule has 0 aliphatic heterocycles. The quantitative estimate of drug-likeness (QED) is 0.158. The van der Waals surface area contributed by atoms with Gasteiger partial charge in [0.1, 0.15) is 12.1 Å². The van der Waals surface area contributed by atoms with Crippen molar-refractivity contribution in [3.05, 3.63) is 0 Å². The molecule has 13 nitrogen and oxygen atoms in total. The largest absolute Gasteiger partial charge is 0.481 e. The molecule has 0 fully saturated rings. The van der Waals surface area contributed by atoms with Gasteiger partial charge in [0.2, 0.25) is 17.7 Å². The number of rotatable bonds is 14. The summed E-state index contributed by atoms with van der Waals surface area (Å²) in [5, 5.41) is 33.2. The Hall–Kier alpha value is -3.22. The molecule has 0 aromatic carbocycles. The summed E-state index contributed by atoms with van der Waals surface area (Å²) in [6, 6.07) is -3.96. The van der Waals surface area contributed by atoms with Crippen LogP contribution in [0.1, 0.15) is 39.5 Å². The van der Waals surface area contributed by atoms with Gasteiger partial charge < -0.3 is 37.0 Å². The second kappa shape index (κ2) is 13.1. The summed E-state index contributed by atoms with van der Waals surface area (Å²) in [5.41, 5.74) is 5.35. The zero-order chi connectivity index (χ0) is 23.4. The van der Waals surface area contributed by atoms with E-state index in [1.54, 1.807) is 13.8 Å². The van der Waals surface area contributed by atoms with Gasteiger partial charge in [-0.05, 0) is 18.8 Å². The Labute approximate surface area is 172 Å². The number of amides is 3. The molecule has 13 heteroatoms.